The minimum Gasteiger partial charge on any atom is -0.360 e. The van der Waals surface area contributed by atoms with Crippen molar-refractivity contribution in [2.45, 2.75) is 12.8 Å². The van der Waals surface area contributed by atoms with E-state index in [4.69, 9.17) is 4.52 Å². The molecule has 0 saturated carbocycles. The first kappa shape index (κ1) is 12.0. The van der Waals surface area contributed by atoms with Crippen molar-refractivity contribution < 1.29 is 14.1 Å². The van der Waals surface area contributed by atoms with Crippen LogP contribution >= 0.6 is 0 Å². The van der Waals surface area contributed by atoms with Gasteiger partial charge in [0.15, 0.2) is 11.7 Å². The van der Waals surface area contributed by atoms with Crippen LogP contribution in [0, 0.1) is 6.92 Å². The van der Waals surface area contributed by atoms with Gasteiger partial charge in [0.2, 0.25) is 5.91 Å². The third kappa shape index (κ3) is 2.60. The molecule has 18 heavy (non-hydrogen) atoms. The number of aldehydes is 1. The van der Waals surface area contributed by atoms with E-state index in [0.717, 1.165) is 0 Å². The topological polar surface area (TPSA) is 85.1 Å². The smallest absolute Gasteiger partial charge is 0.242 e. The number of nitrogens with one attached hydrogen (secondary N) is 1. The summed E-state index contributed by atoms with van der Waals surface area (Å²) >= 11 is 0. The molecule has 0 bridgehead atoms. The Bertz CT molecular complexity index is 551. The van der Waals surface area contributed by atoms with Crippen molar-refractivity contribution in [1.29, 1.82) is 0 Å². The lowest BCUT2D eigenvalue weighted by Crippen LogP contribution is -2.21. The molecule has 6 nitrogen and oxygen atoms in total. The standard InChI is InChI=1S/C12H11N3O3/c1-8-6-11(18-15-8)10(7-16)12(17)14-9-2-4-13-5-3-9/h2-7,10H,1H3,(H,13,14,17). The van der Waals surface area contributed by atoms with Crippen LogP contribution in [-0.2, 0) is 9.59 Å². The van der Waals surface area contributed by atoms with E-state index in [1.807, 2.05) is 0 Å². The molecule has 0 fully saturated rings. The summed E-state index contributed by atoms with van der Waals surface area (Å²) in [5, 5.41) is 6.25. The predicted molar refractivity (Wildman–Crippen MR) is 62.9 cm³/mol. The first-order valence-corrected chi connectivity index (χ1v) is 5.30. The highest BCUT2D eigenvalue weighted by Crippen LogP contribution is 2.17. The van der Waals surface area contributed by atoms with E-state index in [2.05, 4.69) is 15.5 Å². The lowest BCUT2D eigenvalue weighted by molar-refractivity contribution is -0.122. The first-order valence-electron chi connectivity index (χ1n) is 5.30. The summed E-state index contributed by atoms with van der Waals surface area (Å²) in [6, 6.07) is 4.82. The number of carbonyl (C=O) groups is 2. The van der Waals surface area contributed by atoms with Gasteiger partial charge in [-0.05, 0) is 19.1 Å². The average molecular weight is 245 g/mol. The molecule has 2 aromatic rings. The molecular formula is C12H11N3O3. The highest BCUT2D eigenvalue weighted by Gasteiger charge is 2.24. The minimum absolute atomic E-state index is 0.231. The first-order chi connectivity index (χ1) is 8.70. The predicted octanol–water partition coefficient (Wildman–Crippen LogP) is 1.30. The zero-order valence-electron chi connectivity index (χ0n) is 9.66. The van der Waals surface area contributed by atoms with Crippen LogP contribution in [0.15, 0.2) is 35.1 Å². The highest BCUT2D eigenvalue weighted by molar-refractivity contribution is 6.04. The number of hydrogen-bond donors (Lipinski definition) is 1. The Labute approximate surface area is 103 Å². The normalized spacial score (nSPS) is 11.8. The van der Waals surface area contributed by atoms with Crippen LogP contribution in [0.25, 0.3) is 0 Å². The van der Waals surface area contributed by atoms with Gasteiger partial charge in [0, 0.05) is 24.1 Å². The van der Waals surface area contributed by atoms with Crippen molar-refractivity contribution in [3.63, 3.8) is 0 Å². The van der Waals surface area contributed by atoms with E-state index >= 15 is 0 Å². The largest absolute Gasteiger partial charge is 0.360 e. The fraction of sp³-hybridized carbons (Fsp3) is 0.167. The Balaban J connectivity index is 2.14. The molecule has 2 aromatic heterocycles. The van der Waals surface area contributed by atoms with Gasteiger partial charge < -0.3 is 14.6 Å². The Morgan fingerprint density at radius 3 is 2.72 bits per heavy atom. The molecule has 0 aliphatic carbocycles. The summed E-state index contributed by atoms with van der Waals surface area (Å²) in [6.07, 6.45) is 3.62. The van der Waals surface area contributed by atoms with Crippen LogP contribution in [0.3, 0.4) is 0 Å². The SMILES string of the molecule is Cc1cc(C(C=O)C(=O)Nc2ccncc2)on1. The van der Waals surface area contributed by atoms with Crippen molar-refractivity contribution in [1.82, 2.24) is 10.1 Å². The molecule has 2 rings (SSSR count). The summed E-state index contributed by atoms with van der Waals surface area (Å²) in [6.45, 7) is 1.72. The lowest BCUT2D eigenvalue weighted by atomic mass is 10.1. The number of pyridine rings is 1. The molecule has 0 aliphatic rings. The second kappa shape index (κ2) is 5.22. The molecule has 1 N–H and O–H groups in total. The third-order valence-electron chi connectivity index (χ3n) is 2.32. The van der Waals surface area contributed by atoms with Crippen LogP contribution in [0.1, 0.15) is 17.4 Å². The van der Waals surface area contributed by atoms with Crippen LogP contribution in [0.4, 0.5) is 5.69 Å². The zero-order valence-corrected chi connectivity index (χ0v) is 9.66. The molecule has 1 unspecified atom stereocenters. The van der Waals surface area contributed by atoms with Crippen molar-refractivity contribution in [3.05, 3.63) is 42.0 Å². The summed E-state index contributed by atoms with van der Waals surface area (Å²) in [7, 11) is 0. The number of rotatable bonds is 4. The van der Waals surface area contributed by atoms with Gasteiger partial charge in [-0.2, -0.15) is 0 Å². The maximum atomic E-state index is 11.9. The maximum absolute atomic E-state index is 11.9. The number of aromatic nitrogens is 2. The number of amides is 1. The molecule has 1 amide bonds. The molecule has 0 aromatic carbocycles. The van der Waals surface area contributed by atoms with Gasteiger partial charge in [-0.3, -0.25) is 9.78 Å². The summed E-state index contributed by atoms with van der Waals surface area (Å²) in [5.74, 6) is -1.24. The van der Waals surface area contributed by atoms with Crippen molar-refractivity contribution in [2.24, 2.45) is 0 Å². The Morgan fingerprint density at radius 1 is 1.44 bits per heavy atom. The van der Waals surface area contributed by atoms with Crippen LogP contribution in [-0.4, -0.2) is 22.3 Å². The van der Waals surface area contributed by atoms with E-state index in [9.17, 15) is 9.59 Å². The molecule has 2 heterocycles. The van der Waals surface area contributed by atoms with Crippen molar-refractivity contribution in [2.75, 3.05) is 5.32 Å². The van der Waals surface area contributed by atoms with Crippen molar-refractivity contribution in [3.8, 4) is 0 Å². The number of anilines is 1. The molecule has 0 aliphatic heterocycles. The monoisotopic (exact) mass is 245 g/mol. The Hall–Kier alpha value is -2.50. The quantitative estimate of drug-likeness (QED) is 0.648. The molecular weight excluding hydrogens is 234 g/mol. The van der Waals surface area contributed by atoms with Gasteiger partial charge in [-0.1, -0.05) is 5.16 Å². The Kier molecular flexibility index (Phi) is 3.47. The lowest BCUT2D eigenvalue weighted by Gasteiger charge is -2.07. The van der Waals surface area contributed by atoms with E-state index in [1.165, 1.54) is 0 Å². The fourth-order valence-corrected chi connectivity index (χ4v) is 1.44. The van der Waals surface area contributed by atoms with Crippen LogP contribution in [0.5, 0.6) is 0 Å². The summed E-state index contributed by atoms with van der Waals surface area (Å²) in [5.41, 5.74) is 1.19. The minimum atomic E-state index is -1.00. The molecule has 0 radical (unpaired) electrons. The maximum Gasteiger partial charge on any atom is 0.242 e. The number of hydrogen-bond acceptors (Lipinski definition) is 5. The Morgan fingerprint density at radius 2 is 2.17 bits per heavy atom. The van der Waals surface area contributed by atoms with Gasteiger partial charge in [0.25, 0.3) is 0 Å². The van der Waals surface area contributed by atoms with Crippen molar-refractivity contribution >= 4 is 17.9 Å². The zero-order chi connectivity index (χ0) is 13.0. The number of carbonyl (C=O) groups excluding carboxylic acids is 2. The summed E-state index contributed by atoms with van der Waals surface area (Å²) in [4.78, 5) is 26.7. The number of aryl methyl sites for hydroxylation is 1. The average Bonchev–Trinajstić information content (AvgIpc) is 2.78. The van der Waals surface area contributed by atoms with Gasteiger partial charge in [0.05, 0.1) is 5.69 Å². The third-order valence-corrected chi connectivity index (χ3v) is 2.32. The second-order valence-electron chi connectivity index (χ2n) is 3.71. The van der Waals surface area contributed by atoms with Gasteiger partial charge in [-0.15, -0.1) is 0 Å². The van der Waals surface area contributed by atoms with Crippen LogP contribution in [0.2, 0.25) is 0 Å². The highest BCUT2D eigenvalue weighted by atomic mass is 16.5. The fourth-order valence-electron chi connectivity index (χ4n) is 1.44. The molecule has 0 spiro atoms. The molecule has 1 atom stereocenters. The van der Waals surface area contributed by atoms with Crippen LogP contribution < -0.4 is 5.32 Å². The van der Waals surface area contributed by atoms with E-state index < -0.39 is 11.8 Å². The van der Waals surface area contributed by atoms with E-state index in [0.29, 0.717) is 17.7 Å². The van der Waals surface area contributed by atoms with Gasteiger partial charge in [-0.25, -0.2) is 0 Å². The molecule has 92 valence electrons. The van der Waals surface area contributed by atoms with Gasteiger partial charge in [0.1, 0.15) is 6.29 Å². The number of nitrogens with zero attached hydrogens (tertiary/aromatic N) is 2. The molecule has 6 heteroatoms. The molecule has 0 saturated heterocycles. The second-order valence-corrected chi connectivity index (χ2v) is 3.71. The van der Waals surface area contributed by atoms with E-state index in [-0.39, 0.29) is 5.76 Å². The van der Waals surface area contributed by atoms with Gasteiger partial charge >= 0.3 is 0 Å². The summed E-state index contributed by atoms with van der Waals surface area (Å²) < 4.78 is 4.92. The van der Waals surface area contributed by atoms with E-state index in [1.54, 1.807) is 37.5 Å².